The predicted octanol–water partition coefficient (Wildman–Crippen LogP) is 3.06. The highest BCUT2D eigenvalue weighted by atomic mass is 35.5. The highest BCUT2D eigenvalue weighted by molar-refractivity contribution is 6.42. The predicted molar refractivity (Wildman–Crippen MR) is 103 cm³/mol. The van der Waals surface area contributed by atoms with E-state index in [1.54, 1.807) is 6.07 Å². The number of fused-ring (bicyclic) bond motifs is 1. The van der Waals surface area contributed by atoms with Crippen molar-refractivity contribution in [2.75, 3.05) is 16.8 Å². The average Bonchev–Trinajstić information content (AvgIpc) is 3.18. The van der Waals surface area contributed by atoms with Crippen LogP contribution in [-0.2, 0) is 14.4 Å². The van der Waals surface area contributed by atoms with Gasteiger partial charge >= 0.3 is 0 Å². The average molecular weight is 436 g/mol. The number of nitrogens with one attached hydrogen (secondary N) is 1. The topological polar surface area (TPSA) is 94.4 Å². The molecular weight excluding hydrogens is 424 g/mol. The minimum atomic E-state index is -1.08. The summed E-state index contributed by atoms with van der Waals surface area (Å²) in [7, 11) is 0. The third kappa shape index (κ3) is 3.54. The Bertz CT molecular complexity index is 1060. The molecule has 0 saturated carbocycles. The molecule has 4 rings (SSSR count). The van der Waals surface area contributed by atoms with E-state index in [9.17, 15) is 18.8 Å². The van der Waals surface area contributed by atoms with Crippen LogP contribution in [0.4, 0.5) is 15.8 Å². The number of carbonyl (C=O) groups excluding carboxylic acids is 3. The first-order chi connectivity index (χ1) is 13.8. The summed E-state index contributed by atoms with van der Waals surface area (Å²) in [6, 6.07) is 7.55. The molecule has 0 aromatic heterocycles. The molecular formula is C18H12Cl2FN5O3. The van der Waals surface area contributed by atoms with Crippen molar-refractivity contribution < 1.29 is 18.8 Å². The molecule has 2 aliphatic heterocycles. The summed E-state index contributed by atoms with van der Waals surface area (Å²) in [5, 5.41) is 12.0. The normalized spacial score (nSPS) is 20.4. The lowest BCUT2D eigenvalue weighted by molar-refractivity contribution is -0.123. The van der Waals surface area contributed by atoms with Crippen molar-refractivity contribution in [1.29, 1.82) is 0 Å². The molecule has 11 heteroatoms. The van der Waals surface area contributed by atoms with Crippen LogP contribution in [0.5, 0.6) is 0 Å². The van der Waals surface area contributed by atoms with Gasteiger partial charge in [0.25, 0.3) is 11.8 Å². The van der Waals surface area contributed by atoms with Crippen molar-refractivity contribution in [3.05, 3.63) is 58.3 Å². The van der Waals surface area contributed by atoms with Crippen molar-refractivity contribution in [1.82, 2.24) is 5.01 Å². The van der Waals surface area contributed by atoms with Gasteiger partial charge in [0.2, 0.25) is 5.91 Å². The molecule has 1 fully saturated rings. The fourth-order valence-corrected chi connectivity index (χ4v) is 3.44. The molecule has 2 aromatic carbocycles. The van der Waals surface area contributed by atoms with Crippen LogP contribution in [0.15, 0.2) is 52.8 Å². The Labute approximate surface area is 173 Å². The molecule has 2 aromatic rings. The first kappa shape index (κ1) is 19.3. The Morgan fingerprint density at radius 1 is 1.10 bits per heavy atom. The first-order valence-electron chi connectivity index (χ1n) is 8.41. The van der Waals surface area contributed by atoms with Crippen molar-refractivity contribution in [2.24, 2.45) is 10.3 Å². The monoisotopic (exact) mass is 435 g/mol. The van der Waals surface area contributed by atoms with E-state index >= 15 is 0 Å². The number of imide groups is 1. The van der Waals surface area contributed by atoms with E-state index in [0.29, 0.717) is 10.7 Å². The number of nitrogens with zero attached hydrogens (tertiary/aromatic N) is 4. The summed E-state index contributed by atoms with van der Waals surface area (Å²) < 4.78 is 13.5. The second-order valence-corrected chi connectivity index (χ2v) is 7.18. The van der Waals surface area contributed by atoms with Gasteiger partial charge in [-0.3, -0.25) is 19.4 Å². The second kappa shape index (κ2) is 7.41. The Morgan fingerprint density at radius 3 is 2.62 bits per heavy atom. The van der Waals surface area contributed by atoms with E-state index in [1.807, 2.05) is 0 Å². The van der Waals surface area contributed by atoms with Crippen LogP contribution in [0.1, 0.15) is 0 Å². The highest BCUT2D eigenvalue weighted by Crippen LogP contribution is 2.32. The second-order valence-electron chi connectivity index (χ2n) is 6.36. The molecule has 0 aliphatic carbocycles. The summed E-state index contributed by atoms with van der Waals surface area (Å²) in [5.74, 6) is -2.33. The fourth-order valence-electron chi connectivity index (χ4n) is 3.15. The van der Waals surface area contributed by atoms with E-state index in [2.05, 4.69) is 15.7 Å². The Kier molecular flexibility index (Phi) is 4.93. The Balaban J connectivity index is 1.49. The maximum absolute atomic E-state index is 13.5. The van der Waals surface area contributed by atoms with E-state index in [-0.39, 0.29) is 17.3 Å². The maximum Gasteiger partial charge on any atom is 0.263 e. The lowest BCUT2D eigenvalue weighted by Gasteiger charge is -2.20. The van der Waals surface area contributed by atoms with Gasteiger partial charge in [-0.25, -0.2) is 9.29 Å². The molecule has 3 amide bonds. The molecule has 2 heterocycles. The molecule has 1 N–H and O–H groups in total. The minimum absolute atomic E-state index is 0.102. The molecule has 29 heavy (non-hydrogen) atoms. The number of rotatable bonds is 4. The number of benzene rings is 2. The summed E-state index contributed by atoms with van der Waals surface area (Å²) in [5.41, 5.74) is 0.511. The van der Waals surface area contributed by atoms with Crippen molar-refractivity contribution in [3.8, 4) is 0 Å². The Hall–Kier alpha value is -3.04. The number of carbonyl (C=O) groups is 3. The number of halogens is 3. The zero-order chi connectivity index (χ0) is 20.7. The minimum Gasteiger partial charge on any atom is -0.324 e. The molecule has 2 atom stereocenters. The lowest BCUT2D eigenvalue weighted by Crippen LogP contribution is -2.43. The summed E-state index contributed by atoms with van der Waals surface area (Å²) in [6.07, 6.45) is 0. The van der Waals surface area contributed by atoms with E-state index in [1.165, 1.54) is 30.3 Å². The maximum atomic E-state index is 13.5. The smallest absolute Gasteiger partial charge is 0.263 e. The van der Waals surface area contributed by atoms with E-state index in [4.69, 9.17) is 23.2 Å². The standard InChI is InChI=1S/C18H12Cl2FN5O3/c19-12-5-4-10(7-13(12)20)22-14(27)8-25-16-15(23-24-25)17(28)26(18(16)29)11-3-1-2-9(21)6-11/h1-7,15-16H,8H2,(H,22,27). The number of hydrogen-bond acceptors (Lipinski definition) is 6. The quantitative estimate of drug-likeness (QED) is 0.746. The van der Waals surface area contributed by atoms with Crippen molar-refractivity contribution in [3.63, 3.8) is 0 Å². The molecule has 2 unspecified atom stereocenters. The van der Waals surface area contributed by atoms with E-state index < -0.39 is 35.6 Å². The third-order valence-electron chi connectivity index (χ3n) is 4.43. The zero-order valence-electron chi connectivity index (χ0n) is 14.6. The molecule has 0 spiro atoms. The van der Waals surface area contributed by atoms with Crippen LogP contribution in [0.25, 0.3) is 0 Å². The SMILES string of the molecule is O=C(CN1N=NC2C(=O)N(c3cccc(F)c3)C(=O)C21)Nc1ccc(Cl)c(Cl)c1. The van der Waals surface area contributed by atoms with Gasteiger partial charge in [-0.15, -0.1) is 0 Å². The molecule has 1 saturated heterocycles. The van der Waals surface area contributed by atoms with Crippen LogP contribution in [-0.4, -0.2) is 41.4 Å². The highest BCUT2D eigenvalue weighted by Gasteiger charge is 2.55. The van der Waals surface area contributed by atoms with Crippen LogP contribution < -0.4 is 10.2 Å². The number of hydrogen-bond donors (Lipinski definition) is 1. The van der Waals surface area contributed by atoms with Gasteiger partial charge in [-0.05, 0) is 36.4 Å². The van der Waals surface area contributed by atoms with Gasteiger partial charge in [-0.2, -0.15) is 5.11 Å². The van der Waals surface area contributed by atoms with E-state index in [0.717, 1.165) is 16.0 Å². The van der Waals surface area contributed by atoms with Crippen LogP contribution in [0.2, 0.25) is 10.0 Å². The first-order valence-corrected chi connectivity index (χ1v) is 9.16. The number of anilines is 2. The van der Waals surface area contributed by atoms with Crippen molar-refractivity contribution in [2.45, 2.75) is 12.1 Å². The van der Waals surface area contributed by atoms with Gasteiger partial charge < -0.3 is 5.32 Å². The fraction of sp³-hybridized carbons (Fsp3) is 0.167. The molecule has 0 radical (unpaired) electrons. The summed E-state index contributed by atoms with van der Waals surface area (Å²) in [4.78, 5) is 38.6. The number of amides is 3. The summed E-state index contributed by atoms with van der Waals surface area (Å²) >= 11 is 11.8. The van der Waals surface area contributed by atoms with Gasteiger partial charge in [0, 0.05) is 5.69 Å². The zero-order valence-corrected chi connectivity index (χ0v) is 16.1. The van der Waals surface area contributed by atoms with Gasteiger partial charge in [0.15, 0.2) is 12.1 Å². The summed E-state index contributed by atoms with van der Waals surface area (Å²) in [6.45, 7) is -0.319. The molecule has 148 valence electrons. The van der Waals surface area contributed by atoms with Crippen LogP contribution in [0.3, 0.4) is 0 Å². The third-order valence-corrected chi connectivity index (χ3v) is 5.17. The van der Waals surface area contributed by atoms with Crippen LogP contribution >= 0.6 is 23.2 Å². The van der Waals surface area contributed by atoms with Gasteiger partial charge in [0.1, 0.15) is 12.4 Å². The largest absolute Gasteiger partial charge is 0.324 e. The van der Waals surface area contributed by atoms with Crippen LogP contribution in [0, 0.1) is 5.82 Å². The lowest BCUT2D eigenvalue weighted by atomic mass is 10.1. The Morgan fingerprint density at radius 2 is 1.90 bits per heavy atom. The molecule has 2 aliphatic rings. The molecule has 8 nitrogen and oxygen atoms in total. The van der Waals surface area contributed by atoms with Gasteiger partial charge in [-0.1, -0.05) is 34.5 Å². The van der Waals surface area contributed by atoms with Gasteiger partial charge in [0.05, 0.1) is 15.7 Å². The van der Waals surface area contributed by atoms with Crippen molar-refractivity contribution >= 4 is 52.3 Å². The molecule has 0 bridgehead atoms.